The molecule has 1 aliphatic heterocycles. The Morgan fingerprint density at radius 2 is 2.00 bits per heavy atom. The van der Waals surface area contributed by atoms with Gasteiger partial charge in [0.05, 0.1) is 31.5 Å². The Labute approximate surface area is 159 Å². The second-order valence-corrected chi connectivity index (χ2v) is 8.80. The Morgan fingerprint density at radius 3 is 2.73 bits per heavy atom. The molecule has 1 saturated heterocycles. The molecule has 26 heavy (non-hydrogen) atoms. The molecule has 2 fully saturated rings. The van der Waals surface area contributed by atoms with Gasteiger partial charge in [0.25, 0.3) is 0 Å². The van der Waals surface area contributed by atoms with Crippen molar-refractivity contribution in [2.75, 3.05) is 19.8 Å². The first kappa shape index (κ1) is 18.3. The quantitative estimate of drug-likeness (QED) is 0.822. The van der Waals surface area contributed by atoms with Crippen molar-refractivity contribution in [3.63, 3.8) is 0 Å². The lowest BCUT2D eigenvalue weighted by atomic mass is 9.90. The van der Waals surface area contributed by atoms with E-state index in [4.69, 9.17) is 14.5 Å². The van der Waals surface area contributed by atoms with Crippen LogP contribution in [0.15, 0.2) is 0 Å². The van der Waals surface area contributed by atoms with Gasteiger partial charge in [-0.15, -0.1) is 11.3 Å². The molecule has 3 aliphatic rings. The maximum atomic E-state index is 12.3. The van der Waals surface area contributed by atoms with Crippen LogP contribution in [0.2, 0.25) is 0 Å². The van der Waals surface area contributed by atoms with Gasteiger partial charge in [-0.2, -0.15) is 0 Å². The second-order valence-electron chi connectivity index (χ2n) is 7.68. The van der Waals surface area contributed by atoms with E-state index in [0.717, 1.165) is 43.5 Å². The fraction of sp³-hybridized carbons (Fsp3) is 0.789. The Kier molecular flexibility index (Phi) is 5.59. The topological polar surface area (TPSA) is 72.5 Å². The molecule has 0 unspecified atom stereocenters. The number of aryl methyl sites for hydroxylation is 2. The van der Waals surface area contributed by atoms with Crippen LogP contribution in [0.5, 0.6) is 0 Å². The summed E-state index contributed by atoms with van der Waals surface area (Å²) in [7, 11) is 0. The van der Waals surface area contributed by atoms with Gasteiger partial charge in [-0.25, -0.2) is 4.98 Å². The first-order valence-electron chi connectivity index (χ1n) is 9.93. The summed E-state index contributed by atoms with van der Waals surface area (Å²) in [5, 5.41) is 7.59. The fourth-order valence-electron chi connectivity index (χ4n) is 4.16. The van der Waals surface area contributed by atoms with Crippen LogP contribution in [0.3, 0.4) is 0 Å². The van der Waals surface area contributed by atoms with Crippen LogP contribution in [-0.2, 0) is 27.1 Å². The lowest BCUT2D eigenvalue weighted by Crippen LogP contribution is -2.46. The molecule has 1 atom stereocenters. The average Bonchev–Trinajstić information content (AvgIpc) is 3.29. The lowest BCUT2D eigenvalue weighted by Gasteiger charge is -2.35. The molecule has 1 aromatic heterocycles. The Bertz CT molecular complexity index is 608. The van der Waals surface area contributed by atoms with E-state index >= 15 is 0 Å². The summed E-state index contributed by atoms with van der Waals surface area (Å²) in [6.45, 7) is 3.81. The third kappa shape index (κ3) is 4.11. The van der Waals surface area contributed by atoms with Crippen LogP contribution in [0.1, 0.15) is 67.1 Å². The van der Waals surface area contributed by atoms with E-state index in [1.165, 1.54) is 23.4 Å². The summed E-state index contributed by atoms with van der Waals surface area (Å²) in [6.07, 6.45) is 8.36. The molecule has 4 rings (SSSR count). The van der Waals surface area contributed by atoms with Crippen LogP contribution in [0.4, 0.5) is 0 Å². The number of nitrogens with zero attached hydrogens (tertiary/aromatic N) is 1. The highest BCUT2D eigenvalue weighted by Crippen LogP contribution is 2.35. The third-order valence-corrected chi connectivity index (χ3v) is 7.07. The molecule has 1 saturated carbocycles. The smallest absolute Gasteiger partial charge is 0.234 e. The van der Waals surface area contributed by atoms with Crippen molar-refractivity contribution >= 4 is 17.2 Å². The van der Waals surface area contributed by atoms with Crippen molar-refractivity contribution in [3.8, 4) is 0 Å². The van der Waals surface area contributed by atoms with Gasteiger partial charge >= 0.3 is 0 Å². The monoisotopic (exact) mass is 379 g/mol. The number of rotatable bonds is 5. The maximum Gasteiger partial charge on any atom is 0.234 e. The molecule has 2 heterocycles. The Morgan fingerprint density at radius 1 is 1.27 bits per heavy atom. The molecule has 0 aromatic carbocycles. The Balaban J connectivity index is 1.21. The number of carbonyl (C=O) groups is 1. The molecule has 1 aromatic rings. The number of hydrogen-bond donors (Lipinski definition) is 2. The van der Waals surface area contributed by atoms with E-state index in [1.54, 1.807) is 0 Å². The predicted molar refractivity (Wildman–Crippen MR) is 100 cm³/mol. The number of carbonyl (C=O) groups excluding carboxylic acids is 1. The van der Waals surface area contributed by atoms with E-state index < -0.39 is 0 Å². The lowest BCUT2D eigenvalue weighted by molar-refractivity contribution is -0.180. The minimum atomic E-state index is -0.363. The van der Waals surface area contributed by atoms with Crippen molar-refractivity contribution < 1.29 is 14.3 Å². The molecule has 0 bridgehead atoms. The van der Waals surface area contributed by atoms with E-state index in [9.17, 15) is 4.79 Å². The summed E-state index contributed by atoms with van der Waals surface area (Å²) in [5.41, 5.74) is 1.28. The van der Waals surface area contributed by atoms with Gasteiger partial charge in [0.1, 0.15) is 5.01 Å². The molecule has 6 nitrogen and oxygen atoms in total. The number of fused-ring (bicyclic) bond motifs is 1. The average molecular weight is 380 g/mol. The zero-order valence-electron chi connectivity index (χ0n) is 15.5. The van der Waals surface area contributed by atoms with Crippen LogP contribution in [-0.4, -0.2) is 42.5 Å². The number of aromatic nitrogens is 1. The predicted octanol–water partition coefficient (Wildman–Crippen LogP) is 2.47. The highest BCUT2D eigenvalue weighted by Gasteiger charge is 2.40. The van der Waals surface area contributed by atoms with Gasteiger partial charge in [-0.3, -0.25) is 10.1 Å². The third-order valence-electron chi connectivity index (χ3n) is 5.73. The Hall–Kier alpha value is -1.02. The van der Waals surface area contributed by atoms with E-state index in [2.05, 4.69) is 17.6 Å². The zero-order valence-corrected chi connectivity index (χ0v) is 16.3. The highest BCUT2D eigenvalue weighted by atomic mass is 32.1. The standard InChI is InChI=1S/C19H29N3O3S/c1-13(18-22-15-4-2-3-5-16(15)26-18)20-12-17(23)21-14-6-8-19(9-7-14)24-10-11-25-19/h13-14,20H,2-12H2,1H3,(H,21,23)/t13-/m1/s1. The molecular weight excluding hydrogens is 350 g/mol. The molecule has 1 amide bonds. The normalized spacial score (nSPS) is 23.7. The van der Waals surface area contributed by atoms with Crippen molar-refractivity contribution in [1.29, 1.82) is 0 Å². The van der Waals surface area contributed by atoms with Crippen LogP contribution in [0, 0.1) is 0 Å². The maximum absolute atomic E-state index is 12.3. The second kappa shape index (κ2) is 7.92. The number of hydrogen-bond acceptors (Lipinski definition) is 6. The molecule has 144 valence electrons. The minimum Gasteiger partial charge on any atom is -0.352 e. The van der Waals surface area contributed by atoms with Crippen molar-refractivity contribution in [2.24, 2.45) is 0 Å². The summed E-state index contributed by atoms with van der Waals surface area (Å²) < 4.78 is 11.5. The van der Waals surface area contributed by atoms with Gasteiger partial charge in [-0.1, -0.05) is 0 Å². The van der Waals surface area contributed by atoms with Crippen molar-refractivity contribution in [1.82, 2.24) is 15.6 Å². The fourth-order valence-corrected chi connectivity index (χ4v) is 5.34. The van der Waals surface area contributed by atoms with Gasteiger partial charge in [0.15, 0.2) is 5.79 Å². The van der Waals surface area contributed by atoms with E-state index in [1.807, 2.05) is 11.3 Å². The SMILES string of the molecule is C[C@@H](NCC(=O)NC1CCC2(CC1)OCCO2)c1nc2c(s1)CCCC2. The van der Waals surface area contributed by atoms with Gasteiger partial charge in [0.2, 0.25) is 5.91 Å². The minimum absolute atomic E-state index is 0.0624. The van der Waals surface area contributed by atoms with Crippen LogP contribution < -0.4 is 10.6 Å². The molecule has 1 spiro atoms. The number of thiazole rings is 1. The summed E-state index contributed by atoms with van der Waals surface area (Å²) in [6, 6.07) is 0.344. The van der Waals surface area contributed by atoms with Gasteiger partial charge in [-0.05, 0) is 45.4 Å². The summed E-state index contributed by atoms with van der Waals surface area (Å²) in [5.74, 6) is -0.301. The molecule has 7 heteroatoms. The van der Waals surface area contributed by atoms with Gasteiger partial charge < -0.3 is 14.8 Å². The highest BCUT2D eigenvalue weighted by molar-refractivity contribution is 7.11. The first-order chi connectivity index (χ1) is 12.6. The zero-order chi connectivity index (χ0) is 18.0. The van der Waals surface area contributed by atoms with Crippen molar-refractivity contribution in [3.05, 3.63) is 15.6 Å². The summed E-state index contributed by atoms with van der Waals surface area (Å²) in [4.78, 5) is 18.5. The van der Waals surface area contributed by atoms with E-state index in [-0.39, 0.29) is 23.8 Å². The molecule has 2 N–H and O–H groups in total. The molecular formula is C19H29N3O3S. The van der Waals surface area contributed by atoms with Crippen LogP contribution >= 0.6 is 11.3 Å². The number of nitrogens with one attached hydrogen (secondary N) is 2. The first-order valence-corrected chi connectivity index (χ1v) is 10.7. The van der Waals surface area contributed by atoms with Crippen LogP contribution in [0.25, 0.3) is 0 Å². The molecule has 2 aliphatic carbocycles. The summed E-state index contributed by atoms with van der Waals surface area (Å²) >= 11 is 1.81. The van der Waals surface area contributed by atoms with E-state index in [0.29, 0.717) is 19.8 Å². The van der Waals surface area contributed by atoms with Crippen molar-refractivity contribution in [2.45, 2.75) is 76.2 Å². The number of ether oxygens (including phenoxy) is 2. The number of amides is 1. The molecule has 0 radical (unpaired) electrons. The largest absolute Gasteiger partial charge is 0.352 e. The van der Waals surface area contributed by atoms with Gasteiger partial charge in [0, 0.05) is 23.8 Å².